The lowest BCUT2D eigenvalue weighted by atomic mass is 9.96. The van der Waals surface area contributed by atoms with E-state index >= 15 is 0 Å². The quantitative estimate of drug-likeness (QED) is 0.865. The molecular formula is C14H13N3OS. The van der Waals surface area contributed by atoms with Crippen molar-refractivity contribution < 1.29 is 4.74 Å². The minimum absolute atomic E-state index is 0.325. The van der Waals surface area contributed by atoms with E-state index in [1.54, 1.807) is 11.3 Å². The highest BCUT2D eigenvalue weighted by Gasteiger charge is 2.23. The highest BCUT2D eigenvalue weighted by molar-refractivity contribution is 7.13. The molecule has 0 saturated carbocycles. The fraction of sp³-hybridized carbons (Fsp3) is 0.286. The van der Waals surface area contributed by atoms with E-state index in [-0.39, 0.29) is 0 Å². The zero-order valence-electron chi connectivity index (χ0n) is 10.6. The Hall–Kier alpha value is -1.90. The summed E-state index contributed by atoms with van der Waals surface area (Å²) in [4.78, 5) is 5.45. The first-order valence-electron chi connectivity index (χ1n) is 6.06. The summed E-state index contributed by atoms with van der Waals surface area (Å²) < 4.78 is 5.53. The highest BCUT2D eigenvalue weighted by atomic mass is 32.1. The van der Waals surface area contributed by atoms with Crippen LogP contribution in [0.2, 0.25) is 0 Å². The number of nitrogens with zero attached hydrogens (tertiary/aromatic N) is 2. The maximum atomic E-state index is 9.38. The van der Waals surface area contributed by atoms with Gasteiger partial charge in [-0.15, -0.1) is 11.3 Å². The minimum atomic E-state index is 0.325. The number of nitriles is 1. The normalized spacial score (nSPS) is 13.9. The van der Waals surface area contributed by atoms with Crippen molar-refractivity contribution in [2.75, 3.05) is 12.3 Å². The van der Waals surface area contributed by atoms with Gasteiger partial charge in [-0.1, -0.05) is 0 Å². The predicted octanol–water partition coefficient (Wildman–Crippen LogP) is 2.65. The average Bonchev–Trinajstić information content (AvgIpc) is 2.83. The number of hydrogen-bond donors (Lipinski definition) is 1. The van der Waals surface area contributed by atoms with Crippen molar-refractivity contribution in [1.29, 1.82) is 5.26 Å². The van der Waals surface area contributed by atoms with Crippen LogP contribution < -0.4 is 5.73 Å². The average molecular weight is 271 g/mol. The van der Waals surface area contributed by atoms with E-state index in [0.29, 0.717) is 24.6 Å². The van der Waals surface area contributed by atoms with E-state index in [1.165, 1.54) is 0 Å². The molecule has 2 aromatic rings. The van der Waals surface area contributed by atoms with Crippen LogP contribution in [0.25, 0.3) is 10.4 Å². The van der Waals surface area contributed by atoms with Gasteiger partial charge in [0.25, 0.3) is 0 Å². The summed E-state index contributed by atoms with van der Waals surface area (Å²) in [5, 5.41) is 11.4. The molecule has 0 saturated heterocycles. The van der Waals surface area contributed by atoms with Crippen LogP contribution in [0, 0.1) is 18.3 Å². The third-order valence-corrected chi connectivity index (χ3v) is 4.38. The van der Waals surface area contributed by atoms with Crippen LogP contribution in [-0.2, 0) is 17.8 Å². The van der Waals surface area contributed by atoms with Crippen LogP contribution in [-0.4, -0.2) is 11.6 Å². The van der Waals surface area contributed by atoms with Crippen molar-refractivity contribution in [3.8, 4) is 16.5 Å². The zero-order valence-corrected chi connectivity index (χ0v) is 11.4. The Morgan fingerprint density at radius 2 is 2.37 bits per heavy atom. The molecule has 0 spiro atoms. The fourth-order valence-corrected chi connectivity index (χ4v) is 3.40. The summed E-state index contributed by atoms with van der Waals surface area (Å²) in [6.07, 6.45) is 0.753. The number of nitrogen functional groups attached to an aromatic ring is 1. The molecule has 1 aliphatic heterocycles. The number of aryl methyl sites for hydroxylation is 1. The van der Waals surface area contributed by atoms with Gasteiger partial charge in [-0.25, -0.2) is 4.98 Å². The number of nitrogens with two attached hydrogens (primary N) is 1. The van der Waals surface area contributed by atoms with Crippen molar-refractivity contribution in [3.63, 3.8) is 0 Å². The van der Waals surface area contributed by atoms with Gasteiger partial charge in [0.15, 0.2) is 0 Å². The molecule has 96 valence electrons. The molecule has 1 aliphatic rings. The molecule has 3 heterocycles. The number of hydrogen-bond acceptors (Lipinski definition) is 5. The van der Waals surface area contributed by atoms with Crippen molar-refractivity contribution in [2.24, 2.45) is 0 Å². The predicted molar refractivity (Wildman–Crippen MR) is 74.8 cm³/mol. The fourth-order valence-electron chi connectivity index (χ4n) is 2.39. The van der Waals surface area contributed by atoms with Gasteiger partial charge in [0, 0.05) is 22.4 Å². The molecule has 2 aromatic heterocycles. The third kappa shape index (κ3) is 1.89. The first-order chi connectivity index (χ1) is 9.22. The second-order valence-corrected chi connectivity index (χ2v) is 5.44. The van der Waals surface area contributed by atoms with E-state index < -0.39 is 0 Å². The van der Waals surface area contributed by atoms with Gasteiger partial charge in [0.1, 0.15) is 17.5 Å². The zero-order chi connectivity index (χ0) is 13.4. The van der Waals surface area contributed by atoms with Crippen molar-refractivity contribution >= 4 is 17.2 Å². The first-order valence-corrected chi connectivity index (χ1v) is 6.94. The van der Waals surface area contributed by atoms with E-state index in [9.17, 15) is 5.26 Å². The van der Waals surface area contributed by atoms with Crippen LogP contribution in [0.3, 0.4) is 0 Å². The lowest BCUT2D eigenvalue weighted by molar-refractivity contribution is 0.109. The van der Waals surface area contributed by atoms with Gasteiger partial charge < -0.3 is 10.5 Å². The molecule has 4 nitrogen and oxygen atoms in total. The molecule has 5 heteroatoms. The minimum Gasteiger partial charge on any atom is -0.383 e. The summed E-state index contributed by atoms with van der Waals surface area (Å²) in [6, 6.07) is 4.24. The number of rotatable bonds is 1. The molecule has 0 fully saturated rings. The monoisotopic (exact) mass is 271 g/mol. The Morgan fingerprint density at radius 1 is 1.53 bits per heavy atom. The van der Waals surface area contributed by atoms with Gasteiger partial charge in [-0.3, -0.25) is 0 Å². The molecule has 3 rings (SSSR count). The summed E-state index contributed by atoms with van der Waals surface area (Å²) in [6.45, 7) is 3.21. The molecule has 19 heavy (non-hydrogen) atoms. The Bertz CT molecular complexity index is 685. The van der Waals surface area contributed by atoms with Gasteiger partial charge >= 0.3 is 0 Å². The van der Waals surface area contributed by atoms with Crippen LogP contribution in [0.5, 0.6) is 0 Å². The molecule has 0 aromatic carbocycles. The second-order valence-electron chi connectivity index (χ2n) is 4.52. The van der Waals surface area contributed by atoms with Gasteiger partial charge in [-0.2, -0.15) is 5.26 Å². The lowest BCUT2D eigenvalue weighted by Crippen LogP contribution is -2.15. The van der Waals surface area contributed by atoms with E-state index in [2.05, 4.69) is 11.1 Å². The number of fused-ring (bicyclic) bond motifs is 1. The molecule has 0 unspecified atom stereocenters. The summed E-state index contributed by atoms with van der Waals surface area (Å²) in [7, 11) is 0. The topological polar surface area (TPSA) is 71.9 Å². The SMILES string of the molecule is Cc1ccsc1-c1c(C#N)c(N)nc2c1COCC2. The van der Waals surface area contributed by atoms with Crippen LogP contribution >= 0.6 is 11.3 Å². The summed E-state index contributed by atoms with van der Waals surface area (Å²) >= 11 is 1.62. The van der Waals surface area contributed by atoms with Gasteiger partial charge in [-0.05, 0) is 23.9 Å². The Kier molecular flexibility index (Phi) is 2.97. The smallest absolute Gasteiger partial charge is 0.142 e. The third-order valence-electron chi connectivity index (χ3n) is 3.34. The maximum Gasteiger partial charge on any atom is 0.142 e. The molecule has 0 atom stereocenters. The van der Waals surface area contributed by atoms with E-state index in [4.69, 9.17) is 10.5 Å². The van der Waals surface area contributed by atoms with Crippen molar-refractivity contribution in [3.05, 3.63) is 33.8 Å². The van der Waals surface area contributed by atoms with Gasteiger partial charge in [0.05, 0.1) is 18.9 Å². The second kappa shape index (κ2) is 4.65. The molecule has 0 aliphatic carbocycles. The van der Waals surface area contributed by atoms with Gasteiger partial charge in [0.2, 0.25) is 0 Å². The summed E-state index contributed by atoms with van der Waals surface area (Å²) in [5.41, 5.74) is 10.5. The number of aromatic nitrogens is 1. The van der Waals surface area contributed by atoms with E-state index in [1.807, 2.05) is 18.4 Å². The van der Waals surface area contributed by atoms with Crippen molar-refractivity contribution in [2.45, 2.75) is 20.0 Å². The number of pyridine rings is 1. The molecular weight excluding hydrogens is 258 g/mol. The van der Waals surface area contributed by atoms with Crippen molar-refractivity contribution in [1.82, 2.24) is 4.98 Å². The Balaban J connectivity index is 2.35. The maximum absolute atomic E-state index is 9.38. The Labute approximate surface area is 115 Å². The van der Waals surface area contributed by atoms with Crippen LogP contribution in [0.1, 0.15) is 22.4 Å². The lowest BCUT2D eigenvalue weighted by Gasteiger charge is -2.21. The molecule has 0 radical (unpaired) electrons. The number of anilines is 1. The largest absolute Gasteiger partial charge is 0.383 e. The molecule has 2 N–H and O–H groups in total. The standard InChI is InChI=1S/C14H13N3OS/c1-8-3-5-19-13(8)12-9(6-15)14(16)17-11-2-4-18-7-10(11)12/h3,5H,2,4,7H2,1H3,(H2,16,17). The van der Waals surface area contributed by atoms with Crippen LogP contribution in [0.15, 0.2) is 11.4 Å². The molecule has 0 amide bonds. The molecule has 0 bridgehead atoms. The van der Waals surface area contributed by atoms with E-state index in [0.717, 1.165) is 33.7 Å². The van der Waals surface area contributed by atoms with Crippen LogP contribution in [0.4, 0.5) is 5.82 Å². The number of ether oxygens (including phenoxy) is 1. The first kappa shape index (κ1) is 12.2. The summed E-state index contributed by atoms with van der Waals surface area (Å²) in [5.74, 6) is 0.325. The Morgan fingerprint density at radius 3 is 3.05 bits per heavy atom. The number of thiophene rings is 1. The highest BCUT2D eigenvalue weighted by Crippen LogP contribution is 2.38.